The molecule has 0 radical (unpaired) electrons. The van der Waals surface area contributed by atoms with E-state index in [9.17, 15) is 19.2 Å². The van der Waals surface area contributed by atoms with Crippen LogP contribution in [0.3, 0.4) is 0 Å². The van der Waals surface area contributed by atoms with Gasteiger partial charge in [0.1, 0.15) is 24.5 Å². The lowest BCUT2D eigenvalue weighted by atomic mass is 9.88. The third-order valence-corrected chi connectivity index (χ3v) is 8.56. The molecule has 0 spiro atoms. The summed E-state index contributed by atoms with van der Waals surface area (Å²) in [6, 6.07) is 14.4. The van der Waals surface area contributed by atoms with Gasteiger partial charge >= 0.3 is 6.09 Å². The number of ether oxygens (including phenoxy) is 2. The molecule has 3 atom stereocenters. The average Bonchev–Trinajstić information content (AvgIpc) is 3.68. The zero-order chi connectivity index (χ0) is 26.9. The predicted molar refractivity (Wildman–Crippen MR) is 141 cm³/mol. The smallest absolute Gasteiger partial charge is 0.410 e. The molecule has 1 saturated carbocycles. The summed E-state index contributed by atoms with van der Waals surface area (Å²) in [5.41, 5.74) is 2.30. The van der Waals surface area contributed by atoms with Crippen LogP contribution in [0, 0.1) is 11.8 Å². The Bertz CT molecular complexity index is 1270. The zero-order valence-corrected chi connectivity index (χ0v) is 21.8. The highest BCUT2D eigenvalue weighted by Crippen LogP contribution is 2.39. The largest absolute Gasteiger partial charge is 0.488 e. The van der Waals surface area contributed by atoms with Gasteiger partial charge in [-0.25, -0.2) is 4.79 Å². The number of nitrogens with one attached hydrogen (secondary N) is 1. The van der Waals surface area contributed by atoms with Gasteiger partial charge in [-0.05, 0) is 54.5 Å². The minimum Gasteiger partial charge on any atom is -0.488 e. The highest BCUT2D eigenvalue weighted by atomic mass is 16.6. The summed E-state index contributed by atoms with van der Waals surface area (Å²) in [6.07, 6.45) is 4.72. The van der Waals surface area contributed by atoms with Crippen molar-refractivity contribution >= 4 is 23.8 Å². The first kappa shape index (κ1) is 25.4. The van der Waals surface area contributed by atoms with Gasteiger partial charge in [-0.3, -0.25) is 19.7 Å². The molecular weight excluding hydrogens is 498 g/mol. The summed E-state index contributed by atoms with van der Waals surface area (Å²) in [6.45, 7) is 1.59. The van der Waals surface area contributed by atoms with Crippen LogP contribution >= 0.6 is 0 Å². The van der Waals surface area contributed by atoms with Gasteiger partial charge in [-0.15, -0.1) is 0 Å². The molecule has 0 aromatic heterocycles. The van der Waals surface area contributed by atoms with E-state index in [2.05, 4.69) is 5.32 Å². The lowest BCUT2D eigenvalue weighted by molar-refractivity contribution is -0.136. The van der Waals surface area contributed by atoms with E-state index in [1.54, 1.807) is 17.0 Å². The monoisotopic (exact) mass is 531 g/mol. The molecule has 1 N–H and O–H groups in total. The van der Waals surface area contributed by atoms with Crippen molar-refractivity contribution in [2.75, 3.05) is 13.1 Å². The van der Waals surface area contributed by atoms with Crippen molar-refractivity contribution < 1.29 is 28.7 Å². The third kappa shape index (κ3) is 5.22. The molecule has 2 aromatic rings. The number of carbonyl (C=O) groups excluding carboxylic acids is 4. The molecular formula is C30H33N3O6. The molecule has 2 aromatic carbocycles. The highest BCUT2D eigenvalue weighted by molar-refractivity contribution is 6.05. The molecule has 3 heterocycles. The molecule has 39 heavy (non-hydrogen) atoms. The highest BCUT2D eigenvalue weighted by Gasteiger charge is 2.43. The van der Waals surface area contributed by atoms with Crippen LogP contribution in [0.2, 0.25) is 0 Å². The standard InChI is InChI=1S/C30H33N3O6/c34-27-13-12-25(28(35)31-27)33-15-21-14-22(10-11-23(21)29(33)36)39-26-17-32(16-24(26)20-8-4-5-9-20)30(37)38-18-19-6-2-1-3-7-19/h1-3,6-7,10-11,14,20,24-26H,4-5,8-9,12-13,15-18H2,(H,31,34,35)/t24-,25+,26+/m1/s1. The van der Waals surface area contributed by atoms with Gasteiger partial charge in [0, 0.05) is 31.0 Å². The van der Waals surface area contributed by atoms with Gasteiger partial charge in [0.2, 0.25) is 11.8 Å². The molecule has 0 bridgehead atoms. The van der Waals surface area contributed by atoms with Crippen molar-refractivity contribution in [1.29, 1.82) is 0 Å². The first-order valence-corrected chi connectivity index (χ1v) is 13.9. The molecule has 9 nitrogen and oxygen atoms in total. The van der Waals surface area contributed by atoms with E-state index >= 15 is 0 Å². The van der Waals surface area contributed by atoms with E-state index in [4.69, 9.17) is 9.47 Å². The lowest BCUT2D eigenvalue weighted by Gasteiger charge is -2.29. The summed E-state index contributed by atoms with van der Waals surface area (Å²) >= 11 is 0. The number of carbonyl (C=O) groups is 4. The minimum atomic E-state index is -0.649. The van der Waals surface area contributed by atoms with Crippen LogP contribution in [0.4, 0.5) is 4.79 Å². The van der Waals surface area contributed by atoms with Crippen molar-refractivity contribution in [3.8, 4) is 5.75 Å². The maximum Gasteiger partial charge on any atom is 0.410 e. The number of rotatable bonds is 6. The van der Waals surface area contributed by atoms with Crippen LogP contribution in [0.25, 0.3) is 0 Å². The third-order valence-electron chi connectivity index (χ3n) is 8.56. The number of benzene rings is 2. The summed E-state index contributed by atoms with van der Waals surface area (Å²) in [4.78, 5) is 53.2. The molecule has 4 aliphatic rings. The van der Waals surface area contributed by atoms with Gasteiger partial charge in [0.15, 0.2) is 0 Å². The second kappa shape index (κ2) is 10.7. The van der Waals surface area contributed by atoms with Gasteiger partial charge < -0.3 is 19.3 Å². The molecule has 3 fully saturated rings. The molecule has 9 heteroatoms. The maximum atomic E-state index is 13.0. The molecule has 3 aliphatic heterocycles. The van der Waals surface area contributed by atoms with Crippen molar-refractivity contribution in [1.82, 2.24) is 15.1 Å². The van der Waals surface area contributed by atoms with E-state index in [0.717, 1.165) is 24.0 Å². The number of likely N-dealkylation sites (tertiary alicyclic amines) is 1. The summed E-state index contributed by atoms with van der Waals surface area (Å²) in [5, 5.41) is 2.34. The number of hydrogen-bond acceptors (Lipinski definition) is 6. The number of amides is 4. The molecule has 204 valence electrons. The van der Waals surface area contributed by atoms with Gasteiger partial charge in [-0.1, -0.05) is 43.2 Å². The average molecular weight is 532 g/mol. The molecule has 2 saturated heterocycles. The second-order valence-corrected chi connectivity index (χ2v) is 11.0. The van der Waals surface area contributed by atoms with Gasteiger partial charge in [0.25, 0.3) is 5.91 Å². The Morgan fingerprint density at radius 1 is 0.974 bits per heavy atom. The number of imide groups is 1. The number of nitrogens with zero attached hydrogens (tertiary/aromatic N) is 2. The van der Waals surface area contributed by atoms with E-state index in [1.807, 2.05) is 36.4 Å². The topological polar surface area (TPSA) is 105 Å². The maximum absolute atomic E-state index is 13.0. The lowest BCUT2D eigenvalue weighted by Crippen LogP contribution is -2.52. The van der Waals surface area contributed by atoms with Crippen LogP contribution in [-0.2, 0) is 27.5 Å². The zero-order valence-electron chi connectivity index (χ0n) is 21.8. The fourth-order valence-corrected chi connectivity index (χ4v) is 6.52. The van der Waals surface area contributed by atoms with E-state index in [0.29, 0.717) is 43.3 Å². The predicted octanol–water partition coefficient (Wildman–Crippen LogP) is 3.65. The molecule has 4 amide bonds. The Morgan fingerprint density at radius 3 is 2.54 bits per heavy atom. The van der Waals surface area contributed by atoms with Crippen molar-refractivity contribution in [2.45, 2.75) is 63.8 Å². The minimum absolute atomic E-state index is 0.168. The van der Waals surface area contributed by atoms with E-state index in [-0.39, 0.29) is 43.0 Å². The van der Waals surface area contributed by atoms with Gasteiger partial charge in [0.05, 0.1) is 6.54 Å². The fourth-order valence-electron chi connectivity index (χ4n) is 6.52. The first-order valence-electron chi connectivity index (χ1n) is 13.9. The van der Waals surface area contributed by atoms with Crippen LogP contribution in [0.5, 0.6) is 5.75 Å². The molecule has 0 unspecified atom stereocenters. The van der Waals surface area contributed by atoms with Gasteiger partial charge in [-0.2, -0.15) is 0 Å². The quantitative estimate of drug-likeness (QED) is 0.571. The molecule has 1 aliphatic carbocycles. The number of piperidine rings is 1. The Kier molecular flexibility index (Phi) is 6.97. The summed E-state index contributed by atoms with van der Waals surface area (Å²) < 4.78 is 12.1. The Balaban J connectivity index is 1.14. The van der Waals surface area contributed by atoms with Crippen LogP contribution < -0.4 is 10.1 Å². The first-order chi connectivity index (χ1) is 19.0. The SMILES string of the molecule is O=C1CC[C@H](N2Cc3cc(O[C@H]4CN(C(=O)OCc5ccccc5)C[C@@H]4C4CCCC4)ccc3C2=O)C(=O)N1. The summed E-state index contributed by atoms with van der Waals surface area (Å²) in [5.74, 6) is 0.436. The van der Waals surface area contributed by atoms with E-state index < -0.39 is 11.9 Å². The van der Waals surface area contributed by atoms with Crippen LogP contribution in [0.15, 0.2) is 48.5 Å². The summed E-state index contributed by atoms with van der Waals surface area (Å²) in [7, 11) is 0. The normalized spacial score (nSPS) is 25.1. The van der Waals surface area contributed by atoms with E-state index in [1.165, 1.54) is 17.7 Å². The number of fused-ring (bicyclic) bond motifs is 1. The Morgan fingerprint density at radius 2 is 1.77 bits per heavy atom. The molecule has 6 rings (SSSR count). The van der Waals surface area contributed by atoms with Crippen molar-refractivity contribution in [3.63, 3.8) is 0 Å². The fraction of sp³-hybridized carbons (Fsp3) is 0.467. The Hall–Kier alpha value is -3.88. The van der Waals surface area contributed by atoms with Crippen molar-refractivity contribution in [3.05, 3.63) is 65.2 Å². The van der Waals surface area contributed by atoms with Crippen LogP contribution in [0.1, 0.15) is 60.0 Å². The van der Waals surface area contributed by atoms with Crippen LogP contribution in [-0.4, -0.2) is 58.8 Å². The van der Waals surface area contributed by atoms with Crippen molar-refractivity contribution in [2.24, 2.45) is 11.8 Å². The number of hydrogen-bond donors (Lipinski definition) is 1. The second-order valence-electron chi connectivity index (χ2n) is 11.0. The Labute approximate surface area is 227 Å².